The van der Waals surface area contributed by atoms with E-state index in [0.29, 0.717) is 13.2 Å². The van der Waals surface area contributed by atoms with E-state index >= 15 is 0 Å². The smallest absolute Gasteiger partial charge is 0.240 e. The van der Waals surface area contributed by atoms with Crippen LogP contribution in [0.15, 0.2) is 0 Å². The molecule has 0 spiro atoms. The molecule has 2 atom stereocenters. The monoisotopic (exact) mass is 178 g/mol. The number of rotatable bonds is 2. The van der Waals surface area contributed by atoms with Crippen molar-refractivity contribution in [2.24, 2.45) is 0 Å². The van der Waals surface area contributed by atoms with Gasteiger partial charge in [-0.15, -0.1) is 0 Å². The molecule has 0 aromatic carbocycles. The topological polar surface area (TPSA) is 41.5 Å². The van der Waals surface area contributed by atoms with Crippen molar-refractivity contribution >= 4 is 7.94 Å². The quantitative estimate of drug-likeness (QED) is 0.599. The summed E-state index contributed by atoms with van der Waals surface area (Å²) in [5.74, 6) is 0. The maximum absolute atomic E-state index is 11.7. The van der Waals surface area contributed by atoms with Crippen molar-refractivity contribution < 1.29 is 13.9 Å². The van der Waals surface area contributed by atoms with Gasteiger partial charge in [0.2, 0.25) is 7.94 Å². The molecule has 0 aromatic rings. The van der Waals surface area contributed by atoms with Crippen LogP contribution in [-0.4, -0.2) is 18.9 Å². The molecule has 0 amide bonds. The fraction of sp³-hybridized carbons (Fsp3) is 1.00. The zero-order valence-electron chi connectivity index (χ0n) is 7.08. The van der Waals surface area contributed by atoms with Gasteiger partial charge in [-0.05, 0) is 26.7 Å². The molecule has 1 unspecified atom stereocenters. The van der Waals surface area contributed by atoms with Crippen LogP contribution in [0.3, 0.4) is 0 Å². The molecule has 0 N–H and O–H groups in total. The summed E-state index contributed by atoms with van der Waals surface area (Å²) in [6.07, 6.45) is 1.95. The first kappa shape index (κ1) is 9.40. The highest BCUT2D eigenvalue weighted by Crippen LogP contribution is 2.60. The molecule has 0 aliphatic carbocycles. The average Bonchev–Trinajstić information content (AvgIpc) is 1.96. The summed E-state index contributed by atoms with van der Waals surface area (Å²) in [4.78, 5) is 11.7. The van der Waals surface area contributed by atoms with Gasteiger partial charge in [0, 0.05) is 0 Å². The average molecular weight is 178 g/mol. The van der Waals surface area contributed by atoms with E-state index in [2.05, 4.69) is 0 Å². The lowest BCUT2D eigenvalue weighted by Crippen LogP contribution is -2.29. The molecule has 0 bridgehead atoms. The van der Waals surface area contributed by atoms with Crippen molar-refractivity contribution in [1.29, 1.82) is 0 Å². The molecule has 3 nitrogen and oxygen atoms in total. The molecule has 0 aromatic heterocycles. The Hall–Kier alpha value is 0.310. The van der Waals surface area contributed by atoms with Crippen molar-refractivity contribution in [1.82, 2.24) is 0 Å². The Kier molecular flexibility index (Phi) is 3.26. The first-order valence-electron chi connectivity index (χ1n) is 4.08. The van der Waals surface area contributed by atoms with Crippen LogP contribution in [0.5, 0.6) is 0 Å². The van der Waals surface area contributed by atoms with Gasteiger partial charge in [0.15, 0.2) is 0 Å². The van der Waals surface area contributed by atoms with Crippen molar-refractivity contribution in [3.8, 4) is 0 Å². The van der Waals surface area contributed by atoms with Crippen LogP contribution in [0.1, 0.15) is 26.7 Å². The third kappa shape index (κ3) is 2.12. The molecule has 1 aliphatic rings. The first-order valence-corrected chi connectivity index (χ1v) is 5.69. The molecular weight excluding hydrogens is 163 g/mol. The van der Waals surface area contributed by atoms with Gasteiger partial charge in [0.05, 0.1) is 13.2 Å². The molecule has 1 aliphatic heterocycles. The Balaban J connectivity index is 2.49. The van der Waals surface area contributed by atoms with E-state index in [1.54, 1.807) is 0 Å². The molecule has 1 saturated heterocycles. The van der Waals surface area contributed by atoms with E-state index in [1.807, 2.05) is 13.8 Å². The maximum atomic E-state index is 11.7. The first-order chi connectivity index (χ1) is 5.19. The fourth-order valence-corrected chi connectivity index (χ4v) is 3.03. The van der Waals surface area contributed by atoms with Crippen molar-refractivity contribution in [2.45, 2.75) is 32.3 Å². The van der Waals surface area contributed by atoms with Crippen LogP contribution in [0.25, 0.3) is 0 Å². The van der Waals surface area contributed by atoms with E-state index in [-0.39, 0.29) is 5.66 Å². The largest absolute Gasteiger partial charge is 0.631 e. The van der Waals surface area contributed by atoms with Crippen molar-refractivity contribution in [2.75, 3.05) is 13.2 Å². The molecule has 0 saturated carbocycles. The predicted molar refractivity (Wildman–Crippen MR) is 43.2 cm³/mol. The van der Waals surface area contributed by atoms with E-state index in [1.165, 1.54) is 0 Å². The molecule has 11 heavy (non-hydrogen) atoms. The molecule has 4 heteroatoms. The lowest BCUT2D eigenvalue weighted by molar-refractivity contribution is -0.224. The molecule has 1 heterocycles. The number of hydrogen-bond donors (Lipinski definition) is 0. The van der Waals surface area contributed by atoms with Crippen molar-refractivity contribution in [3.05, 3.63) is 0 Å². The minimum atomic E-state index is -2.70. The van der Waals surface area contributed by atoms with Crippen LogP contribution in [0.4, 0.5) is 0 Å². The third-order valence-corrected chi connectivity index (χ3v) is 4.38. The summed E-state index contributed by atoms with van der Waals surface area (Å²) in [6.45, 7) is 4.82. The Morgan fingerprint density at radius 1 is 1.73 bits per heavy atom. The standard InChI is InChI=1S/C7H15O3P/c1-3-9-11(8)7(2)5-4-6-10-11/h7H,3-6H2,1-2H3/t7-,11?/m0/s1. The lowest BCUT2D eigenvalue weighted by atomic mass is 10.2. The third-order valence-electron chi connectivity index (χ3n) is 1.89. The van der Waals surface area contributed by atoms with Gasteiger partial charge in [-0.2, -0.15) is 0 Å². The normalized spacial score (nSPS) is 39.0. The summed E-state index contributed by atoms with van der Waals surface area (Å²) in [5, 5.41) is 0. The van der Waals surface area contributed by atoms with Crippen LogP contribution in [0, 0.1) is 0 Å². The molecule has 66 valence electrons. The summed E-state index contributed by atoms with van der Waals surface area (Å²) in [5.41, 5.74) is 0.0798. The summed E-state index contributed by atoms with van der Waals surface area (Å²) >= 11 is 0. The van der Waals surface area contributed by atoms with E-state index < -0.39 is 7.94 Å². The molecule has 1 rings (SSSR count). The number of hydrogen-bond acceptors (Lipinski definition) is 3. The Bertz CT molecular complexity index is 127. The molecule has 0 radical (unpaired) electrons. The minimum Gasteiger partial charge on any atom is -0.631 e. The van der Waals surface area contributed by atoms with Gasteiger partial charge in [-0.25, -0.2) is 9.05 Å². The van der Waals surface area contributed by atoms with Gasteiger partial charge < -0.3 is 4.89 Å². The zero-order chi connectivity index (χ0) is 8.32. The van der Waals surface area contributed by atoms with Crippen LogP contribution >= 0.6 is 7.94 Å². The highest BCUT2D eigenvalue weighted by atomic mass is 31.2. The van der Waals surface area contributed by atoms with Crippen molar-refractivity contribution in [3.63, 3.8) is 0 Å². The SMILES string of the molecule is CCO[P+]1([O-])OCCC[C@@H]1C. The summed E-state index contributed by atoms with van der Waals surface area (Å²) in [7, 11) is -2.70. The Morgan fingerprint density at radius 2 is 2.45 bits per heavy atom. The van der Waals surface area contributed by atoms with Gasteiger partial charge in [0.1, 0.15) is 5.66 Å². The zero-order valence-corrected chi connectivity index (χ0v) is 7.97. The highest BCUT2D eigenvalue weighted by Gasteiger charge is 2.39. The predicted octanol–water partition coefficient (Wildman–Crippen LogP) is 1.34. The fourth-order valence-electron chi connectivity index (χ4n) is 1.20. The summed E-state index contributed by atoms with van der Waals surface area (Å²) < 4.78 is 10.3. The summed E-state index contributed by atoms with van der Waals surface area (Å²) in [6, 6.07) is 0. The second-order valence-corrected chi connectivity index (χ2v) is 5.26. The lowest BCUT2D eigenvalue weighted by Gasteiger charge is -2.35. The van der Waals surface area contributed by atoms with Gasteiger partial charge in [0.25, 0.3) is 0 Å². The van der Waals surface area contributed by atoms with Gasteiger partial charge in [-0.1, -0.05) is 0 Å². The molecule has 1 fully saturated rings. The second-order valence-electron chi connectivity index (χ2n) is 2.78. The van der Waals surface area contributed by atoms with Crippen LogP contribution in [-0.2, 0) is 9.05 Å². The highest BCUT2D eigenvalue weighted by molar-refractivity contribution is 7.60. The maximum Gasteiger partial charge on any atom is 0.240 e. The van der Waals surface area contributed by atoms with E-state index in [0.717, 1.165) is 12.8 Å². The minimum absolute atomic E-state index is 0.0798. The van der Waals surface area contributed by atoms with Crippen LogP contribution in [0.2, 0.25) is 0 Å². The molecular formula is C7H15O3P. The second kappa shape index (κ2) is 3.81. The Morgan fingerprint density at radius 3 is 3.00 bits per heavy atom. The van der Waals surface area contributed by atoms with E-state index in [4.69, 9.17) is 9.05 Å². The van der Waals surface area contributed by atoms with Crippen LogP contribution < -0.4 is 4.89 Å². The Labute approximate surface area is 68.3 Å². The van der Waals surface area contributed by atoms with Gasteiger partial charge >= 0.3 is 0 Å². The van der Waals surface area contributed by atoms with E-state index in [9.17, 15) is 4.89 Å². The van der Waals surface area contributed by atoms with Gasteiger partial charge in [-0.3, -0.25) is 0 Å².